The Labute approximate surface area is 125 Å². The molecule has 0 unspecified atom stereocenters. The second-order valence-electron chi connectivity index (χ2n) is 5.18. The van der Waals surface area contributed by atoms with Gasteiger partial charge in [0.15, 0.2) is 11.6 Å². The molecule has 120 valence electrons. The first-order valence-corrected chi connectivity index (χ1v) is 8.32. The minimum atomic E-state index is -4.05. The summed E-state index contributed by atoms with van der Waals surface area (Å²) in [6, 6.07) is 1.86. The molecule has 4 nitrogen and oxygen atoms in total. The molecule has 0 saturated carbocycles. The minimum Gasteiger partial charge on any atom is -0.313 e. The van der Waals surface area contributed by atoms with E-state index in [1.165, 1.54) is 13.1 Å². The van der Waals surface area contributed by atoms with E-state index in [2.05, 4.69) is 5.32 Å². The molecule has 1 N–H and O–H groups in total. The highest BCUT2D eigenvalue weighted by Gasteiger charge is 2.28. The van der Waals surface area contributed by atoms with Gasteiger partial charge in [0, 0.05) is 19.6 Å². The Balaban J connectivity index is 3.22. The molecule has 0 saturated heterocycles. The van der Waals surface area contributed by atoms with Gasteiger partial charge in [0.2, 0.25) is 10.0 Å². The van der Waals surface area contributed by atoms with Crippen molar-refractivity contribution in [3.8, 4) is 0 Å². The molecule has 7 heteroatoms. The van der Waals surface area contributed by atoms with Crippen LogP contribution in [-0.4, -0.2) is 32.4 Å². The molecular weight excluding hydrogens is 298 g/mol. The highest BCUT2D eigenvalue weighted by molar-refractivity contribution is 7.89. The number of sulfonamides is 1. The third-order valence-corrected chi connectivity index (χ3v) is 5.23. The molecule has 0 aliphatic heterocycles. The Morgan fingerprint density at radius 1 is 1.29 bits per heavy atom. The summed E-state index contributed by atoms with van der Waals surface area (Å²) in [7, 11) is -2.71. The lowest BCUT2D eigenvalue weighted by atomic mass is 10.2. The van der Waals surface area contributed by atoms with Crippen molar-refractivity contribution in [3.05, 3.63) is 29.3 Å². The van der Waals surface area contributed by atoms with Crippen LogP contribution in [0.1, 0.15) is 32.8 Å². The van der Waals surface area contributed by atoms with E-state index in [-0.39, 0.29) is 6.04 Å². The lowest BCUT2D eigenvalue weighted by molar-refractivity contribution is 0.403. The number of halogens is 2. The molecular formula is C14H22F2N2O2S. The Kier molecular flexibility index (Phi) is 6.24. The van der Waals surface area contributed by atoms with Crippen LogP contribution < -0.4 is 5.32 Å². The van der Waals surface area contributed by atoms with Crippen molar-refractivity contribution in [3.63, 3.8) is 0 Å². The van der Waals surface area contributed by atoms with Crippen molar-refractivity contribution in [1.29, 1.82) is 0 Å². The van der Waals surface area contributed by atoms with Gasteiger partial charge in [0.1, 0.15) is 4.90 Å². The number of hydrogen-bond donors (Lipinski definition) is 1. The zero-order valence-electron chi connectivity index (χ0n) is 12.8. The van der Waals surface area contributed by atoms with Crippen molar-refractivity contribution in [1.82, 2.24) is 9.62 Å². The molecule has 0 atom stereocenters. The van der Waals surface area contributed by atoms with E-state index in [1.54, 1.807) is 13.8 Å². The first-order chi connectivity index (χ1) is 9.71. The van der Waals surface area contributed by atoms with Crippen molar-refractivity contribution in [2.45, 2.75) is 44.7 Å². The van der Waals surface area contributed by atoms with E-state index in [4.69, 9.17) is 0 Å². The van der Waals surface area contributed by atoms with Crippen LogP contribution in [0.5, 0.6) is 0 Å². The molecule has 21 heavy (non-hydrogen) atoms. The van der Waals surface area contributed by atoms with Gasteiger partial charge >= 0.3 is 0 Å². The fourth-order valence-electron chi connectivity index (χ4n) is 1.75. The smallest absolute Gasteiger partial charge is 0.246 e. The summed E-state index contributed by atoms with van der Waals surface area (Å²) in [5.74, 6) is -2.48. The van der Waals surface area contributed by atoms with Crippen LogP contribution >= 0.6 is 0 Å². The van der Waals surface area contributed by atoms with Crippen LogP contribution in [0.15, 0.2) is 17.0 Å². The van der Waals surface area contributed by atoms with Gasteiger partial charge in [0.25, 0.3) is 0 Å². The number of rotatable bonds is 7. The van der Waals surface area contributed by atoms with Crippen LogP contribution in [0.2, 0.25) is 0 Å². The average Bonchev–Trinajstić information content (AvgIpc) is 2.41. The third kappa shape index (κ3) is 4.21. The zero-order chi connectivity index (χ0) is 16.2. The molecule has 0 amide bonds. The molecule has 0 spiro atoms. The van der Waals surface area contributed by atoms with Gasteiger partial charge < -0.3 is 5.32 Å². The van der Waals surface area contributed by atoms with E-state index < -0.39 is 26.6 Å². The summed E-state index contributed by atoms with van der Waals surface area (Å²) in [5.41, 5.74) is 0.401. The first-order valence-electron chi connectivity index (χ1n) is 6.88. The van der Waals surface area contributed by atoms with Crippen molar-refractivity contribution >= 4 is 10.0 Å². The van der Waals surface area contributed by atoms with Gasteiger partial charge in [-0.25, -0.2) is 17.2 Å². The standard InChI is InChI=1S/C14H22F2N2O2S/c1-5-6-17-9-11-7-12(15)14(16)13(8-11)21(19,20)18(4)10(2)3/h7-8,10,17H,5-6,9H2,1-4H3. The Hall–Kier alpha value is -1.05. The minimum absolute atomic E-state index is 0.291. The van der Waals surface area contributed by atoms with Crippen molar-refractivity contribution < 1.29 is 17.2 Å². The normalized spacial score (nSPS) is 12.4. The lowest BCUT2D eigenvalue weighted by Gasteiger charge is -2.21. The summed E-state index contributed by atoms with van der Waals surface area (Å²) >= 11 is 0. The summed E-state index contributed by atoms with van der Waals surface area (Å²) in [6.07, 6.45) is 0.894. The molecule has 0 aliphatic rings. The Bertz CT molecular complexity index is 589. The third-order valence-electron chi connectivity index (χ3n) is 3.19. The van der Waals surface area contributed by atoms with E-state index in [0.717, 1.165) is 16.8 Å². The quantitative estimate of drug-likeness (QED) is 0.785. The largest absolute Gasteiger partial charge is 0.313 e. The number of hydrogen-bond acceptors (Lipinski definition) is 3. The predicted molar refractivity (Wildman–Crippen MR) is 78.4 cm³/mol. The van der Waals surface area contributed by atoms with Gasteiger partial charge in [-0.1, -0.05) is 6.92 Å². The zero-order valence-corrected chi connectivity index (χ0v) is 13.6. The molecule has 0 heterocycles. The highest BCUT2D eigenvalue weighted by atomic mass is 32.2. The maximum atomic E-state index is 13.9. The average molecular weight is 320 g/mol. The molecule has 1 aromatic rings. The van der Waals surface area contributed by atoms with E-state index >= 15 is 0 Å². The van der Waals surface area contributed by atoms with Gasteiger partial charge in [-0.2, -0.15) is 4.31 Å². The maximum Gasteiger partial charge on any atom is 0.246 e. The second-order valence-corrected chi connectivity index (χ2v) is 7.15. The first kappa shape index (κ1) is 18.0. The summed E-state index contributed by atoms with van der Waals surface area (Å²) in [6.45, 7) is 6.31. The van der Waals surface area contributed by atoms with Crippen LogP contribution in [0.3, 0.4) is 0 Å². The lowest BCUT2D eigenvalue weighted by Crippen LogP contribution is -2.34. The Morgan fingerprint density at radius 2 is 1.90 bits per heavy atom. The maximum absolute atomic E-state index is 13.9. The van der Waals surface area contributed by atoms with Crippen molar-refractivity contribution in [2.24, 2.45) is 0 Å². The SMILES string of the molecule is CCCNCc1cc(F)c(F)c(S(=O)(=O)N(C)C(C)C)c1. The van der Waals surface area contributed by atoms with E-state index in [1.807, 2.05) is 6.92 Å². The van der Waals surface area contributed by atoms with Crippen LogP contribution in [0.4, 0.5) is 8.78 Å². The van der Waals surface area contributed by atoms with E-state index in [9.17, 15) is 17.2 Å². The predicted octanol–water partition coefficient (Wildman–Crippen LogP) is 2.49. The van der Waals surface area contributed by atoms with Crippen molar-refractivity contribution in [2.75, 3.05) is 13.6 Å². The highest BCUT2D eigenvalue weighted by Crippen LogP contribution is 2.23. The number of nitrogens with one attached hydrogen (secondary N) is 1. The Morgan fingerprint density at radius 3 is 2.43 bits per heavy atom. The van der Waals surface area contributed by atoms with E-state index in [0.29, 0.717) is 18.7 Å². The molecule has 1 rings (SSSR count). The van der Waals surface area contributed by atoms with Crippen LogP contribution in [0, 0.1) is 11.6 Å². The summed E-state index contributed by atoms with van der Waals surface area (Å²) in [5, 5.41) is 3.03. The molecule has 0 aliphatic carbocycles. The number of nitrogens with zero attached hydrogens (tertiary/aromatic N) is 1. The molecule has 0 fully saturated rings. The van der Waals surface area contributed by atoms with Gasteiger partial charge in [0.05, 0.1) is 0 Å². The second kappa shape index (κ2) is 7.29. The van der Waals surface area contributed by atoms with Gasteiger partial charge in [-0.05, 0) is 44.5 Å². The van der Waals surface area contributed by atoms with Crippen LogP contribution in [0.25, 0.3) is 0 Å². The molecule has 0 bridgehead atoms. The fourth-order valence-corrected chi connectivity index (χ4v) is 3.24. The molecule has 1 aromatic carbocycles. The van der Waals surface area contributed by atoms with Gasteiger partial charge in [-0.15, -0.1) is 0 Å². The topological polar surface area (TPSA) is 49.4 Å². The fraction of sp³-hybridized carbons (Fsp3) is 0.571. The number of benzene rings is 1. The summed E-state index contributed by atoms with van der Waals surface area (Å²) in [4.78, 5) is -0.619. The van der Waals surface area contributed by atoms with Crippen LogP contribution in [-0.2, 0) is 16.6 Å². The monoisotopic (exact) mass is 320 g/mol. The van der Waals surface area contributed by atoms with Gasteiger partial charge in [-0.3, -0.25) is 0 Å². The summed E-state index contributed by atoms with van der Waals surface area (Å²) < 4.78 is 53.2. The molecule has 0 aromatic heterocycles. The molecule has 0 radical (unpaired) electrons.